The number of nitrogens with one attached hydrogen (secondary N) is 1. The molecule has 2 aliphatic heterocycles. The van der Waals surface area contributed by atoms with Crippen LogP contribution in [0.3, 0.4) is 0 Å². The molecule has 4 rings (SSSR count). The van der Waals surface area contributed by atoms with Crippen molar-refractivity contribution in [1.29, 1.82) is 0 Å². The van der Waals surface area contributed by atoms with Crippen molar-refractivity contribution in [3.05, 3.63) is 42.2 Å². The Morgan fingerprint density at radius 2 is 2.00 bits per heavy atom. The molecule has 1 unspecified atom stereocenters. The molecule has 1 saturated heterocycles. The molecule has 2 aliphatic rings. The van der Waals surface area contributed by atoms with Crippen LogP contribution in [-0.2, 0) is 14.4 Å². The van der Waals surface area contributed by atoms with Gasteiger partial charge in [-0.05, 0) is 36.8 Å². The van der Waals surface area contributed by atoms with Crippen LogP contribution in [-0.4, -0.2) is 64.3 Å². The highest BCUT2D eigenvalue weighted by Crippen LogP contribution is 2.30. The number of benzene rings is 1. The van der Waals surface area contributed by atoms with Gasteiger partial charge in [-0.25, -0.2) is 0 Å². The summed E-state index contributed by atoms with van der Waals surface area (Å²) in [5.41, 5.74) is 1.53. The molecule has 1 fully saturated rings. The molecule has 1 aromatic heterocycles. The fourth-order valence-electron chi connectivity index (χ4n) is 3.82. The van der Waals surface area contributed by atoms with Gasteiger partial charge in [-0.1, -0.05) is 0 Å². The number of fused-ring (bicyclic) bond motifs is 2. The molecule has 2 aromatic rings. The number of nitrogens with zero attached hydrogens (tertiary/aromatic N) is 2. The number of aliphatic carboxylic acids is 1. The van der Waals surface area contributed by atoms with E-state index in [1.807, 2.05) is 0 Å². The van der Waals surface area contributed by atoms with Gasteiger partial charge in [0.2, 0.25) is 11.8 Å². The highest BCUT2D eigenvalue weighted by molar-refractivity contribution is 6.10. The van der Waals surface area contributed by atoms with Crippen LogP contribution in [0, 0.1) is 0 Å². The van der Waals surface area contributed by atoms with Crippen molar-refractivity contribution < 1.29 is 28.7 Å². The zero-order valence-electron chi connectivity index (χ0n) is 16.2. The van der Waals surface area contributed by atoms with Crippen molar-refractivity contribution in [3.63, 3.8) is 0 Å². The van der Waals surface area contributed by atoms with E-state index in [1.165, 1.54) is 9.80 Å². The van der Waals surface area contributed by atoms with Crippen LogP contribution in [0.2, 0.25) is 0 Å². The summed E-state index contributed by atoms with van der Waals surface area (Å²) in [5.74, 6) is -1.17. The number of hydrogen-bond donors (Lipinski definition) is 2. The van der Waals surface area contributed by atoms with E-state index in [-0.39, 0.29) is 50.1 Å². The molecular formula is C21H21N3O6. The summed E-state index contributed by atoms with van der Waals surface area (Å²) in [4.78, 5) is 52.1. The first-order valence-electron chi connectivity index (χ1n) is 9.73. The molecule has 0 aliphatic carbocycles. The molecule has 9 heteroatoms. The maximum Gasteiger partial charge on any atom is 0.303 e. The Bertz CT molecular complexity index is 1000. The van der Waals surface area contributed by atoms with Gasteiger partial charge >= 0.3 is 5.97 Å². The monoisotopic (exact) mass is 411 g/mol. The Kier molecular flexibility index (Phi) is 5.26. The van der Waals surface area contributed by atoms with E-state index in [2.05, 4.69) is 5.32 Å². The number of anilines is 1. The number of carbonyl (C=O) groups excluding carboxylic acids is 3. The third kappa shape index (κ3) is 3.78. The first-order chi connectivity index (χ1) is 14.4. The summed E-state index contributed by atoms with van der Waals surface area (Å²) in [7, 11) is 0. The number of piperazine rings is 1. The van der Waals surface area contributed by atoms with Gasteiger partial charge in [0.15, 0.2) is 0 Å². The number of carboxylic acids is 1. The SMILES string of the molecule is O=C(O)CCCC(=O)N1CCN2C(=O)c3cc(-c4ccco4)ccc3NC(=O)C2C1. The van der Waals surface area contributed by atoms with Crippen LogP contribution in [0.15, 0.2) is 41.0 Å². The quantitative estimate of drug-likeness (QED) is 0.774. The predicted octanol–water partition coefficient (Wildman–Crippen LogP) is 1.81. The normalized spacial score (nSPS) is 18.3. The van der Waals surface area contributed by atoms with Gasteiger partial charge in [0, 0.05) is 31.5 Å². The van der Waals surface area contributed by atoms with Crippen LogP contribution >= 0.6 is 0 Å². The lowest BCUT2D eigenvalue weighted by Crippen LogP contribution is -2.59. The predicted molar refractivity (Wildman–Crippen MR) is 106 cm³/mol. The maximum atomic E-state index is 13.2. The Balaban J connectivity index is 1.52. The van der Waals surface area contributed by atoms with E-state index in [4.69, 9.17) is 9.52 Å². The Morgan fingerprint density at radius 3 is 2.73 bits per heavy atom. The molecule has 0 saturated carbocycles. The summed E-state index contributed by atoms with van der Waals surface area (Å²) < 4.78 is 5.40. The lowest BCUT2D eigenvalue weighted by molar-refractivity contribution is -0.137. The lowest BCUT2D eigenvalue weighted by atomic mass is 10.0. The van der Waals surface area contributed by atoms with Crippen LogP contribution in [0.5, 0.6) is 0 Å². The van der Waals surface area contributed by atoms with E-state index < -0.39 is 12.0 Å². The number of rotatable bonds is 5. The first-order valence-corrected chi connectivity index (χ1v) is 9.73. The Hall–Kier alpha value is -3.62. The minimum absolute atomic E-state index is 0.0819. The van der Waals surface area contributed by atoms with Gasteiger partial charge in [0.25, 0.3) is 5.91 Å². The van der Waals surface area contributed by atoms with Gasteiger partial charge in [-0.2, -0.15) is 0 Å². The molecule has 9 nitrogen and oxygen atoms in total. The highest BCUT2D eigenvalue weighted by Gasteiger charge is 2.40. The molecule has 0 radical (unpaired) electrons. The minimum Gasteiger partial charge on any atom is -0.481 e. The summed E-state index contributed by atoms with van der Waals surface area (Å²) in [5, 5.41) is 11.5. The average molecular weight is 411 g/mol. The van der Waals surface area contributed by atoms with Gasteiger partial charge in [-0.3, -0.25) is 19.2 Å². The van der Waals surface area contributed by atoms with Gasteiger partial charge < -0.3 is 24.6 Å². The molecule has 156 valence electrons. The van der Waals surface area contributed by atoms with E-state index in [1.54, 1.807) is 36.6 Å². The van der Waals surface area contributed by atoms with E-state index in [0.29, 0.717) is 23.6 Å². The molecule has 3 amide bonds. The summed E-state index contributed by atoms with van der Waals surface area (Å²) in [6, 6.07) is 7.90. The van der Waals surface area contributed by atoms with Crippen molar-refractivity contribution in [2.45, 2.75) is 25.3 Å². The van der Waals surface area contributed by atoms with E-state index in [9.17, 15) is 19.2 Å². The fraction of sp³-hybridized carbons (Fsp3) is 0.333. The number of hydrogen-bond acceptors (Lipinski definition) is 5. The maximum absolute atomic E-state index is 13.2. The largest absolute Gasteiger partial charge is 0.481 e. The Labute approximate surface area is 172 Å². The second-order valence-electron chi connectivity index (χ2n) is 7.33. The van der Waals surface area contributed by atoms with Crippen LogP contribution in [0.25, 0.3) is 11.3 Å². The van der Waals surface area contributed by atoms with Crippen molar-refractivity contribution >= 4 is 29.4 Å². The molecule has 30 heavy (non-hydrogen) atoms. The highest BCUT2D eigenvalue weighted by atomic mass is 16.4. The van der Waals surface area contributed by atoms with Crippen LogP contribution in [0.1, 0.15) is 29.6 Å². The van der Waals surface area contributed by atoms with Crippen molar-refractivity contribution in [3.8, 4) is 11.3 Å². The summed E-state index contributed by atoms with van der Waals surface area (Å²) >= 11 is 0. The summed E-state index contributed by atoms with van der Waals surface area (Å²) in [6.45, 7) is 0.614. The zero-order valence-corrected chi connectivity index (χ0v) is 16.2. The molecule has 2 N–H and O–H groups in total. The zero-order chi connectivity index (χ0) is 21.3. The molecule has 1 aromatic carbocycles. The minimum atomic E-state index is -0.951. The number of furan rings is 1. The Morgan fingerprint density at radius 1 is 1.17 bits per heavy atom. The lowest BCUT2D eigenvalue weighted by Gasteiger charge is -2.39. The van der Waals surface area contributed by atoms with E-state index in [0.717, 1.165) is 5.56 Å². The third-order valence-corrected chi connectivity index (χ3v) is 5.39. The van der Waals surface area contributed by atoms with Crippen molar-refractivity contribution in [1.82, 2.24) is 9.80 Å². The molecule has 3 heterocycles. The average Bonchev–Trinajstić information content (AvgIpc) is 3.24. The number of carboxylic acid groups (broad SMARTS) is 1. The van der Waals surface area contributed by atoms with Gasteiger partial charge in [0.05, 0.1) is 24.1 Å². The fourth-order valence-corrected chi connectivity index (χ4v) is 3.82. The third-order valence-electron chi connectivity index (χ3n) is 5.39. The first kappa shape index (κ1) is 19.7. The number of amides is 3. The van der Waals surface area contributed by atoms with E-state index >= 15 is 0 Å². The number of carbonyl (C=O) groups is 4. The van der Waals surface area contributed by atoms with Crippen LogP contribution < -0.4 is 5.32 Å². The second-order valence-corrected chi connectivity index (χ2v) is 7.33. The van der Waals surface area contributed by atoms with Gasteiger partial charge in [-0.15, -0.1) is 0 Å². The summed E-state index contributed by atoms with van der Waals surface area (Å²) in [6.07, 6.45) is 1.81. The molecule has 0 bridgehead atoms. The van der Waals surface area contributed by atoms with Crippen molar-refractivity contribution in [2.24, 2.45) is 0 Å². The standard InChI is InChI=1S/C21H21N3O6/c25-18(4-1-5-19(26)27)23-8-9-24-16(12-23)20(28)22-15-7-6-13(11-14(15)21(24)29)17-3-2-10-30-17/h2-3,6-7,10-11,16H,1,4-5,8-9,12H2,(H,22,28)(H,26,27). The molecular weight excluding hydrogens is 390 g/mol. The van der Waals surface area contributed by atoms with Gasteiger partial charge in [0.1, 0.15) is 11.8 Å². The second kappa shape index (κ2) is 8.02. The van der Waals surface area contributed by atoms with Crippen LogP contribution in [0.4, 0.5) is 5.69 Å². The molecule has 0 spiro atoms. The molecule has 1 atom stereocenters. The smallest absolute Gasteiger partial charge is 0.303 e. The topological polar surface area (TPSA) is 120 Å². The van der Waals surface area contributed by atoms with Crippen molar-refractivity contribution in [2.75, 3.05) is 25.0 Å².